The van der Waals surface area contributed by atoms with Crippen LogP contribution in [0.4, 0.5) is 0 Å². The number of benzene rings is 1. The molecule has 2 rings (SSSR count). The van der Waals surface area contributed by atoms with Crippen LogP contribution in [-0.2, 0) is 13.0 Å². The molecule has 1 aromatic carbocycles. The minimum absolute atomic E-state index is 0.439. The fourth-order valence-electron chi connectivity index (χ4n) is 1.58. The van der Waals surface area contributed by atoms with E-state index in [1.54, 1.807) is 11.3 Å². The first-order chi connectivity index (χ1) is 8.31. The number of para-hydroxylation sites is 1. The van der Waals surface area contributed by atoms with Gasteiger partial charge in [-0.2, -0.15) is 11.3 Å². The summed E-state index contributed by atoms with van der Waals surface area (Å²) >= 11 is 7.79. The first kappa shape index (κ1) is 12.4. The zero-order valence-electron chi connectivity index (χ0n) is 9.36. The number of thiophene rings is 1. The Labute approximate surface area is 110 Å². The quantitative estimate of drug-likeness (QED) is 0.900. The second-order valence-corrected chi connectivity index (χ2v) is 4.85. The Bertz CT molecular complexity index is 470. The zero-order valence-corrected chi connectivity index (χ0v) is 10.9. The van der Waals surface area contributed by atoms with Crippen LogP contribution in [0, 0.1) is 0 Å². The van der Waals surface area contributed by atoms with Crippen LogP contribution >= 0.6 is 22.9 Å². The minimum atomic E-state index is 0.439. The van der Waals surface area contributed by atoms with E-state index in [0.717, 1.165) is 12.0 Å². The standard InChI is InChI=1S/C13H14ClNOS/c14-12-3-1-2-11(8-15)13(12)16-6-4-10-5-7-17-9-10/h1-3,5,7,9H,4,6,8,15H2. The van der Waals surface area contributed by atoms with Crippen molar-refractivity contribution in [2.45, 2.75) is 13.0 Å². The second kappa shape index (κ2) is 6.05. The fraction of sp³-hybridized carbons (Fsp3) is 0.231. The number of halogens is 1. The predicted molar refractivity (Wildman–Crippen MR) is 72.9 cm³/mol. The van der Waals surface area contributed by atoms with Crippen molar-refractivity contribution in [1.29, 1.82) is 0 Å². The van der Waals surface area contributed by atoms with E-state index in [-0.39, 0.29) is 0 Å². The van der Waals surface area contributed by atoms with Crippen molar-refractivity contribution >= 4 is 22.9 Å². The predicted octanol–water partition coefficient (Wildman–Crippen LogP) is 3.48. The Morgan fingerprint density at radius 1 is 1.29 bits per heavy atom. The molecule has 1 heterocycles. The number of hydrogen-bond donors (Lipinski definition) is 1. The van der Waals surface area contributed by atoms with Gasteiger partial charge in [0.2, 0.25) is 0 Å². The SMILES string of the molecule is NCc1cccc(Cl)c1OCCc1ccsc1. The molecule has 90 valence electrons. The van der Waals surface area contributed by atoms with E-state index in [1.807, 2.05) is 18.2 Å². The smallest absolute Gasteiger partial charge is 0.142 e. The Morgan fingerprint density at radius 3 is 2.88 bits per heavy atom. The first-order valence-electron chi connectivity index (χ1n) is 5.42. The molecule has 0 spiro atoms. The lowest BCUT2D eigenvalue weighted by Gasteiger charge is -2.11. The van der Waals surface area contributed by atoms with Crippen LogP contribution < -0.4 is 10.5 Å². The van der Waals surface area contributed by atoms with Crippen LogP contribution in [0.5, 0.6) is 5.75 Å². The minimum Gasteiger partial charge on any atom is -0.491 e. The summed E-state index contributed by atoms with van der Waals surface area (Å²) < 4.78 is 5.72. The molecule has 0 unspecified atom stereocenters. The lowest BCUT2D eigenvalue weighted by atomic mass is 10.2. The van der Waals surface area contributed by atoms with Gasteiger partial charge in [-0.3, -0.25) is 0 Å². The van der Waals surface area contributed by atoms with Gasteiger partial charge in [-0.15, -0.1) is 0 Å². The lowest BCUT2D eigenvalue weighted by molar-refractivity contribution is 0.319. The van der Waals surface area contributed by atoms with E-state index in [0.29, 0.717) is 23.9 Å². The van der Waals surface area contributed by atoms with E-state index in [1.165, 1.54) is 5.56 Å². The normalized spacial score (nSPS) is 10.5. The fourth-order valence-corrected chi connectivity index (χ4v) is 2.53. The average Bonchev–Trinajstić information content (AvgIpc) is 2.84. The summed E-state index contributed by atoms with van der Waals surface area (Å²) in [4.78, 5) is 0. The molecule has 0 aliphatic rings. The van der Waals surface area contributed by atoms with Gasteiger partial charge < -0.3 is 10.5 Å². The van der Waals surface area contributed by atoms with Crippen LogP contribution in [0.1, 0.15) is 11.1 Å². The Hall–Kier alpha value is -1.03. The van der Waals surface area contributed by atoms with Crippen molar-refractivity contribution in [2.24, 2.45) is 5.73 Å². The van der Waals surface area contributed by atoms with Crippen molar-refractivity contribution in [3.63, 3.8) is 0 Å². The topological polar surface area (TPSA) is 35.2 Å². The Morgan fingerprint density at radius 2 is 2.18 bits per heavy atom. The number of ether oxygens (including phenoxy) is 1. The highest BCUT2D eigenvalue weighted by Gasteiger charge is 2.06. The van der Waals surface area contributed by atoms with Gasteiger partial charge in [-0.25, -0.2) is 0 Å². The van der Waals surface area contributed by atoms with E-state index < -0.39 is 0 Å². The summed E-state index contributed by atoms with van der Waals surface area (Å²) in [6, 6.07) is 7.74. The maximum Gasteiger partial charge on any atom is 0.142 e. The summed E-state index contributed by atoms with van der Waals surface area (Å²) in [7, 11) is 0. The van der Waals surface area contributed by atoms with Gasteiger partial charge in [-0.1, -0.05) is 23.7 Å². The van der Waals surface area contributed by atoms with Gasteiger partial charge in [0.05, 0.1) is 11.6 Å². The van der Waals surface area contributed by atoms with Crippen molar-refractivity contribution in [3.05, 3.63) is 51.2 Å². The van der Waals surface area contributed by atoms with Crippen LogP contribution in [-0.4, -0.2) is 6.61 Å². The highest BCUT2D eigenvalue weighted by atomic mass is 35.5. The molecular formula is C13H14ClNOS. The summed E-state index contributed by atoms with van der Waals surface area (Å²) in [5.41, 5.74) is 7.88. The molecule has 0 saturated heterocycles. The van der Waals surface area contributed by atoms with E-state index in [9.17, 15) is 0 Å². The van der Waals surface area contributed by atoms with Gasteiger partial charge in [0.15, 0.2) is 0 Å². The highest BCUT2D eigenvalue weighted by Crippen LogP contribution is 2.28. The van der Waals surface area contributed by atoms with E-state index >= 15 is 0 Å². The highest BCUT2D eigenvalue weighted by molar-refractivity contribution is 7.07. The van der Waals surface area contributed by atoms with Crippen molar-refractivity contribution in [2.75, 3.05) is 6.61 Å². The maximum absolute atomic E-state index is 6.09. The molecule has 1 aromatic heterocycles. The number of rotatable bonds is 5. The summed E-state index contributed by atoms with van der Waals surface area (Å²) in [5, 5.41) is 4.81. The lowest BCUT2D eigenvalue weighted by Crippen LogP contribution is -2.05. The zero-order chi connectivity index (χ0) is 12.1. The molecule has 2 N–H and O–H groups in total. The van der Waals surface area contributed by atoms with Gasteiger partial charge in [0.1, 0.15) is 5.75 Å². The molecule has 2 nitrogen and oxygen atoms in total. The molecule has 0 aliphatic heterocycles. The van der Waals surface area contributed by atoms with Gasteiger partial charge >= 0.3 is 0 Å². The van der Waals surface area contributed by atoms with Gasteiger partial charge in [0, 0.05) is 18.5 Å². The third kappa shape index (κ3) is 3.22. The molecule has 0 radical (unpaired) electrons. The van der Waals surface area contributed by atoms with Crippen molar-refractivity contribution in [3.8, 4) is 5.75 Å². The van der Waals surface area contributed by atoms with Crippen molar-refractivity contribution in [1.82, 2.24) is 0 Å². The third-order valence-corrected chi connectivity index (χ3v) is 3.52. The van der Waals surface area contributed by atoms with E-state index in [2.05, 4.69) is 16.8 Å². The van der Waals surface area contributed by atoms with Crippen LogP contribution in [0.25, 0.3) is 0 Å². The van der Waals surface area contributed by atoms with Crippen LogP contribution in [0.3, 0.4) is 0 Å². The maximum atomic E-state index is 6.09. The molecule has 0 bridgehead atoms. The molecule has 0 amide bonds. The molecule has 2 aromatic rings. The third-order valence-electron chi connectivity index (χ3n) is 2.49. The first-order valence-corrected chi connectivity index (χ1v) is 6.74. The number of hydrogen-bond acceptors (Lipinski definition) is 3. The van der Waals surface area contributed by atoms with Crippen LogP contribution in [0.15, 0.2) is 35.0 Å². The summed E-state index contributed by atoms with van der Waals surface area (Å²) in [5.74, 6) is 0.715. The van der Waals surface area contributed by atoms with E-state index in [4.69, 9.17) is 22.1 Å². The molecule has 0 aliphatic carbocycles. The Balaban J connectivity index is 1.98. The van der Waals surface area contributed by atoms with Crippen LogP contribution in [0.2, 0.25) is 5.02 Å². The summed E-state index contributed by atoms with van der Waals surface area (Å²) in [6.07, 6.45) is 0.888. The molecule has 0 fully saturated rings. The molecular weight excluding hydrogens is 254 g/mol. The number of nitrogens with two attached hydrogens (primary N) is 1. The molecule has 4 heteroatoms. The van der Waals surface area contributed by atoms with Crippen molar-refractivity contribution < 1.29 is 4.74 Å². The second-order valence-electron chi connectivity index (χ2n) is 3.66. The summed E-state index contributed by atoms with van der Waals surface area (Å²) in [6.45, 7) is 1.06. The molecule has 0 saturated carbocycles. The molecule has 0 atom stereocenters. The molecule has 17 heavy (non-hydrogen) atoms. The largest absolute Gasteiger partial charge is 0.491 e. The average molecular weight is 268 g/mol. The van der Waals surface area contributed by atoms with Gasteiger partial charge in [0.25, 0.3) is 0 Å². The monoisotopic (exact) mass is 267 g/mol. The Kier molecular flexibility index (Phi) is 4.42. The van der Waals surface area contributed by atoms with Gasteiger partial charge in [-0.05, 0) is 28.5 Å².